The van der Waals surface area contributed by atoms with E-state index in [0.29, 0.717) is 5.69 Å². The number of ether oxygens (including phenoxy) is 1. The monoisotopic (exact) mass is 376 g/mol. The molecule has 0 radical (unpaired) electrons. The van der Waals surface area contributed by atoms with E-state index in [-0.39, 0.29) is 18.9 Å². The van der Waals surface area contributed by atoms with Crippen molar-refractivity contribution in [3.05, 3.63) is 73.3 Å². The van der Waals surface area contributed by atoms with E-state index in [1.165, 1.54) is 6.07 Å². The van der Waals surface area contributed by atoms with Gasteiger partial charge in [-0.2, -0.15) is 0 Å². The van der Waals surface area contributed by atoms with Gasteiger partial charge >= 0.3 is 12.0 Å². The first kappa shape index (κ1) is 19.0. The first-order valence-corrected chi connectivity index (χ1v) is 8.73. The summed E-state index contributed by atoms with van der Waals surface area (Å²) in [4.78, 5) is 23.2. The zero-order valence-electron chi connectivity index (χ0n) is 15.1. The summed E-state index contributed by atoms with van der Waals surface area (Å²) in [6, 6.07) is 18.2. The fourth-order valence-electron chi connectivity index (χ4n) is 2.87. The van der Waals surface area contributed by atoms with Crippen LogP contribution in [0, 0.1) is 0 Å². The molecule has 6 nitrogen and oxygen atoms in total. The highest BCUT2D eigenvalue weighted by Gasteiger charge is 2.12. The summed E-state index contributed by atoms with van der Waals surface area (Å²) in [7, 11) is 0. The molecule has 0 saturated heterocycles. The van der Waals surface area contributed by atoms with Crippen LogP contribution in [0.15, 0.2) is 73.3 Å². The molecule has 28 heavy (non-hydrogen) atoms. The van der Waals surface area contributed by atoms with E-state index in [2.05, 4.69) is 17.2 Å². The number of hydrogen-bond donors (Lipinski definition) is 3. The molecule has 0 aliphatic heterocycles. The zero-order valence-corrected chi connectivity index (χ0v) is 15.1. The van der Waals surface area contributed by atoms with Gasteiger partial charge in [-0.25, -0.2) is 9.59 Å². The van der Waals surface area contributed by atoms with Crippen molar-refractivity contribution in [2.75, 3.05) is 18.5 Å². The van der Waals surface area contributed by atoms with Gasteiger partial charge in [0.1, 0.15) is 12.4 Å². The summed E-state index contributed by atoms with van der Waals surface area (Å²) >= 11 is 0. The molecule has 142 valence electrons. The third kappa shape index (κ3) is 4.48. The molecule has 0 atom stereocenters. The predicted molar refractivity (Wildman–Crippen MR) is 109 cm³/mol. The minimum Gasteiger partial charge on any atom is -0.508 e. The van der Waals surface area contributed by atoms with Crippen molar-refractivity contribution in [1.82, 2.24) is 5.32 Å². The van der Waals surface area contributed by atoms with Crippen LogP contribution in [0.4, 0.5) is 10.5 Å². The van der Waals surface area contributed by atoms with E-state index in [4.69, 9.17) is 4.74 Å². The molecule has 3 aromatic carbocycles. The highest BCUT2D eigenvalue weighted by Crippen LogP contribution is 2.35. The summed E-state index contributed by atoms with van der Waals surface area (Å²) in [6.45, 7) is 3.48. The number of esters is 1. The largest absolute Gasteiger partial charge is 0.508 e. The number of phenolic OH excluding ortho intramolecular Hbond substituents is 1. The minimum absolute atomic E-state index is 0.0362. The standard InChI is InChI=1S/C22H20N2O4/c1-2-21(26)28-13-12-23-22(27)24-20-14-16(25)10-11-19(20)18-9-5-7-15-6-3-4-8-17(15)18/h2-11,14,25H,1,12-13H2,(H2,23,24,27). The van der Waals surface area contributed by atoms with E-state index in [0.717, 1.165) is 28.0 Å². The Bertz CT molecular complexity index is 1020. The number of nitrogens with one attached hydrogen (secondary N) is 2. The lowest BCUT2D eigenvalue weighted by Crippen LogP contribution is -2.32. The SMILES string of the molecule is C=CC(=O)OCCNC(=O)Nc1cc(O)ccc1-c1cccc2ccccc12. The lowest BCUT2D eigenvalue weighted by Gasteiger charge is -2.14. The summed E-state index contributed by atoms with van der Waals surface area (Å²) in [6.07, 6.45) is 1.06. The van der Waals surface area contributed by atoms with Gasteiger partial charge in [-0.3, -0.25) is 0 Å². The molecule has 0 unspecified atom stereocenters. The van der Waals surface area contributed by atoms with Gasteiger partial charge in [0, 0.05) is 17.7 Å². The molecule has 0 fully saturated rings. The number of amides is 2. The summed E-state index contributed by atoms with van der Waals surface area (Å²) in [5.74, 6) is -0.507. The second kappa shape index (κ2) is 8.73. The maximum atomic E-state index is 12.2. The molecule has 0 bridgehead atoms. The lowest BCUT2D eigenvalue weighted by atomic mass is 9.97. The molecule has 0 saturated carbocycles. The Balaban J connectivity index is 1.80. The van der Waals surface area contributed by atoms with Crippen molar-refractivity contribution < 1.29 is 19.4 Å². The smallest absolute Gasteiger partial charge is 0.330 e. The highest BCUT2D eigenvalue weighted by molar-refractivity contribution is 6.02. The summed E-state index contributed by atoms with van der Waals surface area (Å²) in [5, 5.41) is 17.3. The van der Waals surface area contributed by atoms with Crippen LogP contribution in [0.2, 0.25) is 0 Å². The van der Waals surface area contributed by atoms with Crippen LogP contribution in [0.1, 0.15) is 0 Å². The molecule has 0 spiro atoms. The Labute approximate surface area is 162 Å². The third-order valence-electron chi connectivity index (χ3n) is 4.13. The van der Waals surface area contributed by atoms with Crippen molar-refractivity contribution in [3.8, 4) is 16.9 Å². The first-order valence-electron chi connectivity index (χ1n) is 8.73. The lowest BCUT2D eigenvalue weighted by molar-refractivity contribution is -0.137. The number of rotatable bonds is 6. The van der Waals surface area contributed by atoms with Crippen molar-refractivity contribution in [2.45, 2.75) is 0 Å². The van der Waals surface area contributed by atoms with Gasteiger partial charge in [0.15, 0.2) is 0 Å². The maximum Gasteiger partial charge on any atom is 0.330 e. The van der Waals surface area contributed by atoms with Gasteiger partial charge in [-0.15, -0.1) is 0 Å². The Morgan fingerprint density at radius 1 is 1.04 bits per heavy atom. The van der Waals surface area contributed by atoms with Gasteiger partial charge in [-0.1, -0.05) is 49.0 Å². The number of carbonyl (C=O) groups excluding carboxylic acids is 2. The van der Waals surface area contributed by atoms with Crippen molar-refractivity contribution >= 4 is 28.5 Å². The molecule has 3 aromatic rings. The van der Waals surface area contributed by atoms with E-state index in [9.17, 15) is 14.7 Å². The van der Waals surface area contributed by atoms with Crippen LogP contribution >= 0.6 is 0 Å². The normalized spacial score (nSPS) is 10.3. The van der Waals surface area contributed by atoms with Gasteiger partial charge in [0.2, 0.25) is 0 Å². The van der Waals surface area contributed by atoms with Gasteiger partial charge in [-0.05, 0) is 28.5 Å². The van der Waals surface area contributed by atoms with Crippen LogP contribution < -0.4 is 10.6 Å². The van der Waals surface area contributed by atoms with Crippen LogP contribution in [-0.2, 0) is 9.53 Å². The number of carbonyl (C=O) groups is 2. The van der Waals surface area contributed by atoms with E-state index in [1.54, 1.807) is 12.1 Å². The molecule has 3 rings (SSSR count). The summed E-state index contributed by atoms with van der Waals surface area (Å²) < 4.78 is 4.81. The number of urea groups is 1. The Morgan fingerprint density at radius 2 is 1.82 bits per heavy atom. The maximum absolute atomic E-state index is 12.2. The molecule has 2 amide bonds. The third-order valence-corrected chi connectivity index (χ3v) is 4.13. The quantitative estimate of drug-likeness (QED) is 0.344. The topological polar surface area (TPSA) is 87.7 Å². The fraction of sp³-hybridized carbons (Fsp3) is 0.0909. The van der Waals surface area contributed by atoms with E-state index < -0.39 is 12.0 Å². The van der Waals surface area contributed by atoms with Gasteiger partial charge in [0.05, 0.1) is 12.2 Å². The molecule has 0 heterocycles. The molecule has 6 heteroatoms. The van der Waals surface area contributed by atoms with E-state index in [1.807, 2.05) is 42.5 Å². The Kier molecular flexibility index (Phi) is 5.91. The molecule has 0 aromatic heterocycles. The van der Waals surface area contributed by atoms with Crippen LogP contribution in [0.25, 0.3) is 21.9 Å². The molecule has 3 N–H and O–H groups in total. The predicted octanol–water partition coefficient (Wildman–Crippen LogP) is 4.06. The van der Waals surface area contributed by atoms with E-state index >= 15 is 0 Å². The number of benzene rings is 3. The van der Waals surface area contributed by atoms with Crippen LogP contribution in [0.5, 0.6) is 5.75 Å². The van der Waals surface area contributed by atoms with Crippen molar-refractivity contribution in [1.29, 1.82) is 0 Å². The number of anilines is 1. The average Bonchev–Trinajstić information content (AvgIpc) is 2.71. The average molecular weight is 376 g/mol. The second-order valence-corrected chi connectivity index (χ2v) is 6.01. The molecule has 0 aliphatic carbocycles. The van der Waals surface area contributed by atoms with Crippen molar-refractivity contribution in [3.63, 3.8) is 0 Å². The number of fused-ring (bicyclic) bond motifs is 1. The van der Waals surface area contributed by atoms with Crippen LogP contribution in [0.3, 0.4) is 0 Å². The second-order valence-electron chi connectivity index (χ2n) is 6.01. The molecular formula is C22H20N2O4. The highest BCUT2D eigenvalue weighted by atomic mass is 16.5. The Hall–Kier alpha value is -3.80. The molecule has 0 aliphatic rings. The number of aromatic hydroxyl groups is 1. The zero-order chi connectivity index (χ0) is 19.9. The minimum atomic E-state index is -0.548. The molecular weight excluding hydrogens is 356 g/mol. The first-order chi connectivity index (χ1) is 13.6. The Morgan fingerprint density at radius 3 is 2.64 bits per heavy atom. The number of hydrogen-bond acceptors (Lipinski definition) is 4. The van der Waals surface area contributed by atoms with Crippen LogP contribution in [-0.4, -0.2) is 30.3 Å². The summed E-state index contributed by atoms with van der Waals surface area (Å²) in [5.41, 5.74) is 2.19. The fourth-order valence-corrected chi connectivity index (χ4v) is 2.87. The van der Waals surface area contributed by atoms with Gasteiger partial charge in [0.25, 0.3) is 0 Å². The van der Waals surface area contributed by atoms with Gasteiger partial charge < -0.3 is 20.5 Å². The van der Waals surface area contributed by atoms with Crippen molar-refractivity contribution in [2.24, 2.45) is 0 Å². The number of phenols is 1.